The van der Waals surface area contributed by atoms with Gasteiger partial charge in [0.2, 0.25) is 0 Å². The number of hydrogen-bond acceptors (Lipinski definition) is 4. The van der Waals surface area contributed by atoms with Crippen LogP contribution in [0.25, 0.3) is 11.3 Å². The summed E-state index contributed by atoms with van der Waals surface area (Å²) in [6.07, 6.45) is 5.57. The molecule has 0 aliphatic carbocycles. The number of ether oxygens (including phenoxy) is 1. The molecule has 0 spiro atoms. The maximum Gasteiger partial charge on any atom is 0.321 e. The number of benzene rings is 1. The molecular formula is C20H25N5O3. The second-order valence-corrected chi connectivity index (χ2v) is 7.14. The topological polar surface area (TPSA) is 90.6 Å². The number of rotatable bonds is 3. The van der Waals surface area contributed by atoms with E-state index in [1.807, 2.05) is 29.2 Å². The van der Waals surface area contributed by atoms with Gasteiger partial charge in [0, 0.05) is 44.0 Å². The molecule has 0 bridgehead atoms. The molecule has 8 nitrogen and oxygen atoms in total. The van der Waals surface area contributed by atoms with Crippen LogP contribution in [-0.4, -0.2) is 70.6 Å². The van der Waals surface area contributed by atoms with Gasteiger partial charge in [-0.1, -0.05) is 12.1 Å². The van der Waals surface area contributed by atoms with E-state index in [-0.39, 0.29) is 18.0 Å². The van der Waals surface area contributed by atoms with Crippen molar-refractivity contribution in [2.75, 3.05) is 38.1 Å². The highest BCUT2D eigenvalue weighted by molar-refractivity contribution is 5.90. The minimum absolute atomic E-state index is 0.0621. The van der Waals surface area contributed by atoms with Crippen LogP contribution < -0.4 is 5.32 Å². The number of nitrogens with one attached hydrogen (secondary N) is 2. The number of amides is 3. The summed E-state index contributed by atoms with van der Waals surface area (Å²) in [6, 6.07) is 7.49. The number of aromatic nitrogens is 2. The minimum Gasteiger partial charge on any atom is -0.368 e. The van der Waals surface area contributed by atoms with Crippen molar-refractivity contribution in [3.63, 3.8) is 0 Å². The molecule has 2 fully saturated rings. The maximum atomic E-state index is 12.7. The molecule has 0 radical (unpaired) electrons. The third kappa shape index (κ3) is 4.17. The summed E-state index contributed by atoms with van der Waals surface area (Å²) in [6.45, 7) is 3.01. The molecule has 2 aliphatic rings. The summed E-state index contributed by atoms with van der Waals surface area (Å²) in [5.74, 6) is 0.0621. The summed E-state index contributed by atoms with van der Waals surface area (Å²) in [7, 11) is 0. The lowest BCUT2D eigenvalue weighted by molar-refractivity contribution is -0.140. The monoisotopic (exact) mass is 383 g/mol. The fourth-order valence-corrected chi connectivity index (χ4v) is 3.70. The lowest BCUT2D eigenvalue weighted by Gasteiger charge is -2.24. The highest BCUT2D eigenvalue weighted by Gasteiger charge is 2.30. The number of anilines is 1. The van der Waals surface area contributed by atoms with Crippen LogP contribution in [0.4, 0.5) is 10.5 Å². The highest BCUT2D eigenvalue weighted by atomic mass is 16.5. The van der Waals surface area contributed by atoms with Crippen molar-refractivity contribution in [3.05, 3.63) is 36.8 Å². The van der Waals surface area contributed by atoms with Crippen LogP contribution in [0.3, 0.4) is 0 Å². The van der Waals surface area contributed by atoms with Gasteiger partial charge >= 0.3 is 6.03 Å². The number of carbonyl (C=O) groups excluding carboxylic acids is 2. The van der Waals surface area contributed by atoms with Crippen molar-refractivity contribution < 1.29 is 14.3 Å². The SMILES string of the molecule is O=C(Nc1cccc(-c2cnc[nH]2)c1)N1CCCN(C(=O)[C@H]2CCCO2)CC1. The van der Waals surface area contributed by atoms with Crippen molar-refractivity contribution >= 4 is 17.6 Å². The van der Waals surface area contributed by atoms with E-state index < -0.39 is 0 Å². The average Bonchev–Trinajstić information content (AvgIpc) is 3.38. The van der Waals surface area contributed by atoms with E-state index in [1.165, 1.54) is 0 Å². The Kier molecular flexibility index (Phi) is 5.57. The molecule has 148 valence electrons. The molecule has 2 N–H and O–H groups in total. The van der Waals surface area contributed by atoms with Gasteiger partial charge in [0.05, 0.1) is 18.2 Å². The van der Waals surface area contributed by atoms with Gasteiger partial charge in [-0.15, -0.1) is 0 Å². The van der Waals surface area contributed by atoms with Crippen LogP contribution in [0.2, 0.25) is 0 Å². The molecule has 28 heavy (non-hydrogen) atoms. The Labute approximate surface area is 163 Å². The van der Waals surface area contributed by atoms with Gasteiger partial charge in [-0.05, 0) is 31.4 Å². The molecule has 3 heterocycles. The zero-order chi connectivity index (χ0) is 19.3. The predicted octanol–water partition coefficient (Wildman–Crippen LogP) is 2.32. The highest BCUT2D eigenvalue weighted by Crippen LogP contribution is 2.21. The molecule has 4 rings (SSSR count). The summed E-state index contributed by atoms with van der Waals surface area (Å²) < 4.78 is 5.51. The molecule has 1 atom stereocenters. The molecule has 2 aliphatic heterocycles. The van der Waals surface area contributed by atoms with Gasteiger partial charge in [0.25, 0.3) is 5.91 Å². The summed E-state index contributed by atoms with van der Waals surface area (Å²) in [5.41, 5.74) is 2.59. The summed E-state index contributed by atoms with van der Waals surface area (Å²) in [5, 5.41) is 2.97. The molecule has 1 aromatic heterocycles. The van der Waals surface area contributed by atoms with Crippen molar-refractivity contribution in [1.82, 2.24) is 19.8 Å². The summed E-state index contributed by atoms with van der Waals surface area (Å²) >= 11 is 0. The van der Waals surface area contributed by atoms with Crippen molar-refractivity contribution in [2.24, 2.45) is 0 Å². The number of imidazole rings is 1. The quantitative estimate of drug-likeness (QED) is 0.851. The van der Waals surface area contributed by atoms with Crippen molar-refractivity contribution in [1.29, 1.82) is 0 Å². The molecular weight excluding hydrogens is 358 g/mol. The van der Waals surface area contributed by atoms with Gasteiger partial charge in [0.15, 0.2) is 0 Å². The Morgan fingerprint density at radius 2 is 2.00 bits per heavy atom. The maximum absolute atomic E-state index is 12.7. The van der Waals surface area contributed by atoms with Crippen molar-refractivity contribution in [3.8, 4) is 11.3 Å². The third-order valence-corrected chi connectivity index (χ3v) is 5.22. The molecule has 1 aromatic carbocycles. The van der Waals surface area contributed by atoms with Crippen LogP contribution in [0, 0.1) is 0 Å². The van der Waals surface area contributed by atoms with Crippen LogP contribution in [-0.2, 0) is 9.53 Å². The van der Waals surface area contributed by atoms with Gasteiger partial charge in [0.1, 0.15) is 6.10 Å². The predicted molar refractivity (Wildman–Crippen MR) is 105 cm³/mol. The van der Waals surface area contributed by atoms with Crippen LogP contribution in [0.5, 0.6) is 0 Å². The molecule has 2 saturated heterocycles. The van der Waals surface area contributed by atoms with E-state index in [1.54, 1.807) is 17.4 Å². The standard InChI is InChI=1S/C20H25N5O3/c26-19(18-6-2-11-28-18)24-7-3-8-25(10-9-24)20(27)23-16-5-1-4-15(12-16)17-13-21-14-22-17/h1,4-5,12-14,18H,2-3,6-11H2,(H,21,22)(H,23,27)/t18-/m1/s1. The first-order valence-electron chi connectivity index (χ1n) is 9.76. The molecule has 0 unspecified atom stereocenters. The van der Waals surface area contributed by atoms with E-state index in [0.29, 0.717) is 32.8 Å². The van der Waals surface area contributed by atoms with Crippen LogP contribution >= 0.6 is 0 Å². The largest absolute Gasteiger partial charge is 0.368 e. The van der Waals surface area contributed by atoms with Gasteiger partial charge in [-0.3, -0.25) is 4.79 Å². The second-order valence-electron chi connectivity index (χ2n) is 7.14. The average molecular weight is 383 g/mol. The second kappa shape index (κ2) is 8.43. The van der Waals surface area contributed by atoms with E-state index in [4.69, 9.17) is 4.74 Å². The first kappa shape index (κ1) is 18.5. The smallest absolute Gasteiger partial charge is 0.321 e. The third-order valence-electron chi connectivity index (χ3n) is 5.22. The molecule has 8 heteroatoms. The van der Waals surface area contributed by atoms with Crippen molar-refractivity contribution in [2.45, 2.75) is 25.4 Å². The van der Waals surface area contributed by atoms with E-state index in [0.717, 1.165) is 36.2 Å². The number of hydrogen-bond donors (Lipinski definition) is 2. The Morgan fingerprint density at radius 3 is 2.79 bits per heavy atom. The number of urea groups is 1. The molecule has 3 amide bonds. The van der Waals surface area contributed by atoms with E-state index in [2.05, 4.69) is 15.3 Å². The Hall–Kier alpha value is -2.87. The van der Waals surface area contributed by atoms with Gasteiger partial charge in [-0.2, -0.15) is 0 Å². The van der Waals surface area contributed by atoms with Gasteiger partial charge < -0.3 is 24.8 Å². The minimum atomic E-state index is -0.300. The summed E-state index contributed by atoms with van der Waals surface area (Å²) in [4.78, 5) is 36.0. The molecule has 2 aromatic rings. The zero-order valence-electron chi connectivity index (χ0n) is 15.8. The lowest BCUT2D eigenvalue weighted by atomic mass is 10.1. The Balaban J connectivity index is 1.35. The van der Waals surface area contributed by atoms with E-state index >= 15 is 0 Å². The zero-order valence-corrected chi connectivity index (χ0v) is 15.8. The first-order chi connectivity index (χ1) is 13.7. The van der Waals surface area contributed by atoms with Gasteiger partial charge in [-0.25, -0.2) is 9.78 Å². The number of aromatic amines is 1. The number of H-pyrrole nitrogens is 1. The fourth-order valence-electron chi connectivity index (χ4n) is 3.70. The van der Waals surface area contributed by atoms with Crippen LogP contribution in [0.1, 0.15) is 19.3 Å². The Morgan fingerprint density at radius 1 is 1.14 bits per heavy atom. The normalized spacial score (nSPS) is 20.1. The number of nitrogens with zero attached hydrogens (tertiary/aromatic N) is 3. The fraction of sp³-hybridized carbons (Fsp3) is 0.450. The van der Waals surface area contributed by atoms with E-state index in [9.17, 15) is 9.59 Å². The first-order valence-corrected chi connectivity index (χ1v) is 9.76. The lowest BCUT2D eigenvalue weighted by Crippen LogP contribution is -2.42. The van der Waals surface area contributed by atoms with Crippen LogP contribution in [0.15, 0.2) is 36.8 Å². The molecule has 0 saturated carbocycles. The Bertz CT molecular complexity index is 817. The number of carbonyl (C=O) groups is 2.